The van der Waals surface area contributed by atoms with E-state index in [1.54, 1.807) is 0 Å². The number of hydrogen-bond donors (Lipinski definition) is 0. The molecule has 0 amide bonds. The zero-order valence-electron chi connectivity index (χ0n) is 9.22. The maximum atomic E-state index is 13.6. The van der Waals surface area contributed by atoms with Crippen LogP contribution in [0, 0.1) is 23.4 Å². The second-order valence-corrected chi connectivity index (χ2v) is 5.20. The van der Waals surface area contributed by atoms with E-state index < -0.39 is 17.5 Å². The van der Waals surface area contributed by atoms with Crippen molar-refractivity contribution >= 4 is 15.9 Å². The summed E-state index contributed by atoms with van der Waals surface area (Å²) in [5.74, 6) is -2.86. The molecule has 0 radical (unpaired) electrons. The number of halogens is 4. The van der Waals surface area contributed by atoms with E-state index in [-0.39, 0.29) is 22.4 Å². The van der Waals surface area contributed by atoms with Crippen molar-refractivity contribution in [1.29, 1.82) is 0 Å². The molecule has 1 aliphatic heterocycles. The molecule has 0 bridgehead atoms. The van der Waals surface area contributed by atoms with Gasteiger partial charge in [0.2, 0.25) is 0 Å². The Labute approximate surface area is 106 Å². The van der Waals surface area contributed by atoms with Crippen molar-refractivity contribution in [3.8, 4) is 0 Å². The average Bonchev–Trinajstić information content (AvgIpc) is 2.69. The van der Waals surface area contributed by atoms with Crippen molar-refractivity contribution in [2.24, 2.45) is 5.92 Å². The molecule has 3 unspecified atom stereocenters. The molecule has 1 aromatic carbocycles. The summed E-state index contributed by atoms with van der Waals surface area (Å²) in [5.41, 5.74) is 0.145. The van der Waals surface area contributed by atoms with Gasteiger partial charge in [-0.05, 0) is 19.4 Å². The van der Waals surface area contributed by atoms with Gasteiger partial charge in [0, 0.05) is 29.0 Å². The number of alkyl halides is 1. The van der Waals surface area contributed by atoms with Gasteiger partial charge in [-0.2, -0.15) is 0 Å². The van der Waals surface area contributed by atoms with Crippen molar-refractivity contribution < 1.29 is 17.9 Å². The number of ether oxygens (including phenoxy) is 1. The summed E-state index contributed by atoms with van der Waals surface area (Å²) in [4.78, 5) is -0.366. The van der Waals surface area contributed by atoms with Crippen molar-refractivity contribution in [3.05, 3.63) is 35.1 Å². The number of benzene rings is 1. The first kappa shape index (κ1) is 12.9. The van der Waals surface area contributed by atoms with Gasteiger partial charge in [-0.1, -0.05) is 15.9 Å². The highest BCUT2D eigenvalue weighted by molar-refractivity contribution is 9.09. The first-order valence-corrected chi connectivity index (χ1v) is 6.32. The predicted molar refractivity (Wildman–Crippen MR) is 61.5 cm³/mol. The lowest BCUT2D eigenvalue weighted by molar-refractivity contribution is 0.105. The molecule has 1 heterocycles. The molecule has 2 rings (SSSR count). The van der Waals surface area contributed by atoms with Gasteiger partial charge in [0.15, 0.2) is 11.6 Å². The van der Waals surface area contributed by atoms with E-state index >= 15 is 0 Å². The van der Waals surface area contributed by atoms with E-state index in [9.17, 15) is 13.2 Å². The van der Waals surface area contributed by atoms with Crippen LogP contribution in [0.15, 0.2) is 12.1 Å². The van der Waals surface area contributed by atoms with E-state index in [0.29, 0.717) is 12.7 Å². The monoisotopic (exact) mass is 308 g/mol. The van der Waals surface area contributed by atoms with Crippen LogP contribution in [-0.4, -0.2) is 12.7 Å². The van der Waals surface area contributed by atoms with Crippen molar-refractivity contribution in [2.75, 3.05) is 6.61 Å². The smallest absolute Gasteiger partial charge is 0.161 e. The Morgan fingerprint density at radius 1 is 1.24 bits per heavy atom. The minimum absolute atomic E-state index is 0.0214. The maximum absolute atomic E-state index is 13.6. The number of hydrogen-bond acceptors (Lipinski definition) is 1. The van der Waals surface area contributed by atoms with Gasteiger partial charge >= 0.3 is 0 Å². The molecule has 1 aliphatic rings. The molecule has 0 aromatic heterocycles. The Morgan fingerprint density at radius 3 is 2.47 bits per heavy atom. The van der Waals surface area contributed by atoms with Gasteiger partial charge < -0.3 is 4.74 Å². The SMILES string of the molecule is CC1OCCC1C(Br)c1cc(F)c(F)cc1F. The van der Waals surface area contributed by atoms with Gasteiger partial charge in [-0.15, -0.1) is 0 Å². The molecule has 1 nitrogen and oxygen atoms in total. The average molecular weight is 309 g/mol. The second kappa shape index (κ2) is 4.98. The maximum Gasteiger partial charge on any atom is 0.161 e. The first-order chi connectivity index (χ1) is 8.00. The molecule has 0 aliphatic carbocycles. The third-order valence-electron chi connectivity index (χ3n) is 3.15. The lowest BCUT2D eigenvalue weighted by atomic mass is 9.93. The number of rotatable bonds is 2. The standard InChI is InChI=1S/C12H12BrF3O/c1-6-7(2-3-17-6)12(13)8-4-10(15)11(16)5-9(8)14/h4-7,12H,2-3H2,1H3. The van der Waals surface area contributed by atoms with Gasteiger partial charge in [-0.25, -0.2) is 13.2 Å². The van der Waals surface area contributed by atoms with Crippen molar-refractivity contribution in [2.45, 2.75) is 24.3 Å². The van der Waals surface area contributed by atoms with Crippen LogP contribution in [0.3, 0.4) is 0 Å². The third-order valence-corrected chi connectivity index (χ3v) is 4.32. The highest BCUT2D eigenvalue weighted by Crippen LogP contribution is 2.40. The molecule has 1 fully saturated rings. The second-order valence-electron chi connectivity index (χ2n) is 4.22. The summed E-state index contributed by atoms with van der Waals surface area (Å²) < 4.78 is 44.9. The third kappa shape index (κ3) is 2.50. The van der Waals surface area contributed by atoms with Crippen LogP contribution in [0.1, 0.15) is 23.7 Å². The Balaban J connectivity index is 2.30. The Morgan fingerprint density at radius 2 is 1.88 bits per heavy atom. The van der Waals surface area contributed by atoms with E-state index in [1.165, 1.54) is 0 Å². The highest BCUT2D eigenvalue weighted by atomic mass is 79.9. The summed E-state index contributed by atoms with van der Waals surface area (Å²) in [7, 11) is 0. The Kier molecular flexibility index (Phi) is 3.78. The molecule has 0 N–H and O–H groups in total. The Bertz CT molecular complexity index is 424. The topological polar surface area (TPSA) is 9.23 Å². The zero-order chi connectivity index (χ0) is 12.6. The van der Waals surface area contributed by atoms with Crippen LogP contribution in [-0.2, 0) is 4.74 Å². The minimum Gasteiger partial charge on any atom is -0.378 e. The van der Waals surface area contributed by atoms with Crippen LogP contribution < -0.4 is 0 Å². The van der Waals surface area contributed by atoms with Crippen LogP contribution in [0.2, 0.25) is 0 Å². The fourth-order valence-corrected chi connectivity index (χ4v) is 3.16. The van der Waals surface area contributed by atoms with Crippen LogP contribution in [0.5, 0.6) is 0 Å². The first-order valence-electron chi connectivity index (χ1n) is 5.41. The lowest BCUT2D eigenvalue weighted by Crippen LogP contribution is -2.17. The van der Waals surface area contributed by atoms with E-state index in [2.05, 4.69) is 15.9 Å². The van der Waals surface area contributed by atoms with E-state index in [1.807, 2.05) is 6.92 Å². The lowest BCUT2D eigenvalue weighted by Gasteiger charge is -2.21. The summed E-state index contributed by atoms with van der Waals surface area (Å²) >= 11 is 3.35. The normalized spacial score (nSPS) is 26.2. The molecule has 0 spiro atoms. The van der Waals surface area contributed by atoms with Crippen molar-refractivity contribution in [1.82, 2.24) is 0 Å². The molecule has 1 aromatic rings. The summed E-state index contributed by atoms with van der Waals surface area (Å²) in [5, 5.41) is 0. The fraction of sp³-hybridized carbons (Fsp3) is 0.500. The molecule has 0 saturated carbocycles. The van der Waals surface area contributed by atoms with Crippen LogP contribution in [0.4, 0.5) is 13.2 Å². The van der Waals surface area contributed by atoms with Crippen LogP contribution in [0.25, 0.3) is 0 Å². The highest BCUT2D eigenvalue weighted by Gasteiger charge is 2.33. The van der Waals surface area contributed by atoms with Gasteiger partial charge in [0.1, 0.15) is 5.82 Å². The van der Waals surface area contributed by atoms with Gasteiger partial charge in [-0.3, -0.25) is 0 Å². The molecule has 3 atom stereocenters. The predicted octanol–water partition coefficient (Wildman–Crippen LogP) is 3.96. The Hall–Kier alpha value is -0.550. The molecular weight excluding hydrogens is 297 g/mol. The van der Waals surface area contributed by atoms with E-state index in [0.717, 1.165) is 12.5 Å². The minimum atomic E-state index is -1.17. The van der Waals surface area contributed by atoms with E-state index in [4.69, 9.17) is 4.74 Å². The molecule has 5 heteroatoms. The molecule has 1 saturated heterocycles. The van der Waals surface area contributed by atoms with Gasteiger partial charge in [0.25, 0.3) is 0 Å². The van der Waals surface area contributed by atoms with Crippen molar-refractivity contribution in [3.63, 3.8) is 0 Å². The quantitative estimate of drug-likeness (QED) is 0.593. The molecular formula is C12H12BrF3O. The molecule has 94 valence electrons. The largest absolute Gasteiger partial charge is 0.378 e. The summed E-state index contributed by atoms with van der Waals surface area (Å²) in [6.45, 7) is 2.50. The van der Waals surface area contributed by atoms with Crippen LogP contribution >= 0.6 is 15.9 Å². The summed E-state index contributed by atoms with van der Waals surface area (Å²) in [6, 6.07) is 1.49. The fourth-order valence-electron chi connectivity index (χ4n) is 2.11. The molecule has 17 heavy (non-hydrogen) atoms. The summed E-state index contributed by atoms with van der Waals surface area (Å²) in [6.07, 6.45) is 0.752. The van der Waals surface area contributed by atoms with Gasteiger partial charge in [0.05, 0.1) is 6.10 Å². The zero-order valence-corrected chi connectivity index (χ0v) is 10.8.